The zero-order valence-corrected chi connectivity index (χ0v) is 14.9. The predicted molar refractivity (Wildman–Crippen MR) is 91.5 cm³/mol. The van der Waals surface area contributed by atoms with Crippen molar-refractivity contribution >= 4 is 11.9 Å². The minimum atomic E-state index is -0.102. The van der Waals surface area contributed by atoms with Crippen LogP contribution in [0, 0.1) is 11.3 Å². The standard InChI is InChI=1S/C16H26N8O/c1-12(2)8-13-18-15(21-20-13)19-14(25)9-16(6-4-3-5-7-16)10-24-11-17-22-23-24/h11-12H,3-10H2,1-2H3,(H2,18,19,20,21,25). The van der Waals surface area contributed by atoms with Crippen molar-refractivity contribution in [2.45, 2.75) is 65.3 Å². The van der Waals surface area contributed by atoms with E-state index < -0.39 is 0 Å². The zero-order valence-electron chi connectivity index (χ0n) is 14.9. The lowest BCUT2D eigenvalue weighted by Gasteiger charge is -2.36. The fourth-order valence-corrected chi connectivity index (χ4v) is 3.63. The van der Waals surface area contributed by atoms with Crippen LogP contribution in [-0.4, -0.2) is 41.3 Å². The summed E-state index contributed by atoms with van der Waals surface area (Å²) in [6.45, 7) is 4.90. The number of aromatic amines is 1. The van der Waals surface area contributed by atoms with E-state index >= 15 is 0 Å². The number of rotatable bonds is 7. The summed E-state index contributed by atoms with van der Waals surface area (Å²) in [7, 11) is 0. The largest absolute Gasteiger partial charge is 0.293 e. The van der Waals surface area contributed by atoms with Crippen molar-refractivity contribution in [1.82, 2.24) is 35.4 Å². The van der Waals surface area contributed by atoms with Crippen LogP contribution in [0.3, 0.4) is 0 Å². The van der Waals surface area contributed by atoms with E-state index in [1.807, 2.05) is 0 Å². The summed E-state index contributed by atoms with van der Waals surface area (Å²) in [6, 6.07) is 0. The Morgan fingerprint density at radius 2 is 2.16 bits per heavy atom. The van der Waals surface area contributed by atoms with Gasteiger partial charge in [0.25, 0.3) is 0 Å². The third kappa shape index (κ3) is 4.83. The Hall–Kier alpha value is -2.32. The molecule has 25 heavy (non-hydrogen) atoms. The van der Waals surface area contributed by atoms with Crippen molar-refractivity contribution in [3.8, 4) is 0 Å². The lowest BCUT2D eigenvalue weighted by atomic mass is 9.71. The van der Waals surface area contributed by atoms with Gasteiger partial charge in [-0.1, -0.05) is 33.1 Å². The fourth-order valence-electron chi connectivity index (χ4n) is 3.63. The number of amides is 1. The van der Waals surface area contributed by atoms with Gasteiger partial charge in [-0.3, -0.25) is 15.2 Å². The Bertz CT molecular complexity index is 672. The highest BCUT2D eigenvalue weighted by Crippen LogP contribution is 2.40. The van der Waals surface area contributed by atoms with Crippen LogP contribution in [0.5, 0.6) is 0 Å². The van der Waals surface area contributed by atoms with E-state index in [0.717, 1.165) is 37.9 Å². The number of hydrogen-bond acceptors (Lipinski definition) is 6. The topological polar surface area (TPSA) is 114 Å². The van der Waals surface area contributed by atoms with E-state index in [1.54, 1.807) is 11.0 Å². The van der Waals surface area contributed by atoms with Crippen LogP contribution < -0.4 is 5.32 Å². The molecule has 0 spiro atoms. The van der Waals surface area contributed by atoms with Gasteiger partial charge in [0.05, 0.1) is 6.54 Å². The maximum absolute atomic E-state index is 12.6. The molecule has 3 rings (SSSR count). The van der Waals surface area contributed by atoms with Crippen LogP contribution in [0.1, 0.15) is 58.2 Å². The first-order chi connectivity index (χ1) is 12.0. The number of nitrogens with zero attached hydrogens (tertiary/aromatic N) is 6. The van der Waals surface area contributed by atoms with Crippen molar-refractivity contribution < 1.29 is 4.79 Å². The highest BCUT2D eigenvalue weighted by atomic mass is 16.1. The normalized spacial score (nSPS) is 16.9. The second-order valence-electron chi connectivity index (χ2n) is 7.50. The van der Waals surface area contributed by atoms with Gasteiger partial charge in [-0.05, 0) is 34.6 Å². The summed E-state index contributed by atoms with van der Waals surface area (Å²) in [5, 5.41) is 21.2. The van der Waals surface area contributed by atoms with Crippen LogP contribution in [0.2, 0.25) is 0 Å². The Kier molecular flexibility index (Phi) is 5.40. The molecule has 1 aliphatic rings. The maximum Gasteiger partial charge on any atom is 0.248 e. The van der Waals surface area contributed by atoms with Gasteiger partial charge >= 0.3 is 0 Å². The maximum atomic E-state index is 12.6. The van der Waals surface area contributed by atoms with Gasteiger partial charge in [-0.2, -0.15) is 4.98 Å². The molecular weight excluding hydrogens is 320 g/mol. The second kappa shape index (κ2) is 7.71. The third-order valence-corrected chi connectivity index (χ3v) is 4.72. The summed E-state index contributed by atoms with van der Waals surface area (Å²) in [4.78, 5) is 16.9. The Labute approximate surface area is 147 Å². The second-order valence-corrected chi connectivity index (χ2v) is 7.50. The smallest absolute Gasteiger partial charge is 0.248 e. The van der Waals surface area contributed by atoms with E-state index in [-0.39, 0.29) is 11.3 Å². The number of carbonyl (C=O) groups excluding carboxylic acids is 1. The van der Waals surface area contributed by atoms with Gasteiger partial charge in [-0.25, -0.2) is 4.68 Å². The summed E-state index contributed by atoms with van der Waals surface area (Å²) in [5.74, 6) is 1.59. The average molecular weight is 346 g/mol. The number of hydrogen-bond donors (Lipinski definition) is 2. The van der Waals surface area contributed by atoms with Crippen molar-refractivity contribution in [3.63, 3.8) is 0 Å². The monoisotopic (exact) mass is 346 g/mol. The summed E-state index contributed by atoms with van der Waals surface area (Å²) in [6.07, 6.45) is 8.36. The quantitative estimate of drug-likeness (QED) is 0.792. The van der Waals surface area contributed by atoms with E-state index in [4.69, 9.17) is 0 Å². The molecule has 0 aliphatic heterocycles. The number of H-pyrrole nitrogens is 1. The molecule has 0 radical (unpaired) electrons. The molecule has 0 saturated heterocycles. The van der Waals surface area contributed by atoms with Gasteiger partial charge in [-0.15, -0.1) is 10.2 Å². The van der Waals surface area contributed by atoms with Gasteiger partial charge in [0.1, 0.15) is 12.2 Å². The van der Waals surface area contributed by atoms with Crippen LogP contribution >= 0.6 is 0 Å². The molecule has 1 saturated carbocycles. The van der Waals surface area contributed by atoms with Crippen LogP contribution in [-0.2, 0) is 17.8 Å². The number of nitrogens with one attached hydrogen (secondary N) is 2. The minimum absolute atomic E-state index is 0.0509. The molecule has 1 amide bonds. The van der Waals surface area contributed by atoms with Crippen molar-refractivity contribution in [2.75, 3.05) is 5.32 Å². The number of tetrazole rings is 1. The molecule has 2 N–H and O–H groups in total. The molecule has 2 aromatic heterocycles. The molecule has 0 unspecified atom stereocenters. The molecule has 0 aromatic carbocycles. The number of aromatic nitrogens is 7. The summed E-state index contributed by atoms with van der Waals surface area (Å²) in [5.41, 5.74) is -0.102. The average Bonchev–Trinajstić information content (AvgIpc) is 3.19. The van der Waals surface area contributed by atoms with Crippen molar-refractivity contribution in [1.29, 1.82) is 0 Å². The molecule has 2 aromatic rings. The number of carbonyl (C=O) groups is 1. The van der Waals surface area contributed by atoms with Crippen LogP contribution in [0.4, 0.5) is 5.95 Å². The highest BCUT2D eigenvalue weighted by molar-refractivity contribution is 5.89. The molecule has 9 nitrogen and oxygen atoms in total. The van der Waals surface area contributed by atoms with E-state index in [2.05, 4.69) is 49.9 Å². The van der Waals surface area contributed by atoms with Crippen molar-refractivity contribution in [2.24, 2.45) is 11.3 Å². The summed E-state index contributed by atoms with van der Waals surface area (Å²) >= 11 is 0. The van der Waals surface area contributed by atoms with Gasteiger partial charge in [0.15, 0.2) is 0 Å². The third-order valence-electron chi connectivity index (χ3n) is 4.72. The van der Waals surface area contributed by atoms with E-state index in [0.29, 0.717) is 24.8 Å². The lowest BCUT2D eigenvalue weighted by molar-refractivity contribution is -0.119. The first-order valence-electron chi connectivity index (χ1n) is 8.97. The van der Waals surface area contributed by atoms with E-state index in [1.165, 1.54) is 6.42 Å². The van der Waals surface area contributed by atoms with Gasteiger partial charge in [0.2, 0.25) is 11.9 Å². The molecule has 2 heterocycles. The Morgan fingerprint density at radius 3 is 2.84 bits per heavy atom. The lowest BCUT2D eigenvalue weighted by Crippen LogP contribution is -2.34. The predicted octanol–water partition coefficient (Wildman–Crippen LogP) is 1.97. The first-order valence-corrected chi connectivity index (χ1v) is 8.97. The molecule has 9 heteroatoms. The highest BCUT2D eigenvalue weighted by Gasteiger charge is 2.35. The SMILES string of the molecule is CC(C)Cc1nc(NC(=O)CC2(Cn3cnnn3)CCCCC2)n[nH]1. The minimum Gasteiger partial charge on any atom is -0.293 e. The zero-order chi connectivity index (χ0) is 17.7. The molecule has 136 valence electrons. The van der Waals surface area contributed by atoms with Gasteiger partial charge in [0, 0.05) is 12.8 Å². The first kappa shape index (κ1) is 17.5. The van der Waals surface area contributed by atoms with E-state index in [9.17, 15) is 4.79 Å². The Balaban J connectivity index is 1.62. The molecule has 1 fully saturated rings. The molecular formula is C16H26N8O. The van der Waals surface area contributed by atoms with Gasteiger partial charge < -0.3 is 0 Å². The molecule has 0 atom stereocenters. The van der Waals surface area contributed by atoms with Crippen LogP contribution in [0.15, 0.2) is 6.33 Å². The summed E-state index contributed by atoms with van der Waals surface area (Å²) < 4.78 is 1.73. The van der Waals surface area contributed by atoms with Crippen LogP contribution in [0.25, 0.3) is 0 Å². The molecule has 0 bridgehead atoms. The Morgan fingerprint density at radius 1 is 1.36 bits per heavy atom. The van der Waals surface area contributed by atoms with Crippen molar-refractivity contribution in [3.05, 3.63) is 12.2 Å². The fraction of sp³-hybridized carbons (Fsp3) is 0.750. The number of anilines is 1. The molecule has 1 aliphatic carbocycles.